The lowest BCUT2D eigenvalue weighted by Gasteiger charge is -2.39. The van der Waals surface area contributed by atoms with Crippen molar-refractivity contribution < 1.29 is 14.3 Å². The maximum absolute atomic E-state index is 12.1. The van der Waals surface area contributed by atoms with E-state index in [-0.39, 0.29) is 17.2 Å². The summed E-state index contributed by atoms with van der Waals surface area (Å²) in [5.74, 6) is 0.103. The molecule has 0 aliphatic carbocycles. The molecular formula is C17H22N2O3. The van der Waals surface area contributed by atoms with E-state index in [4.69, 9.17) is 4.74 Å². The van der Waals surface area contributed by atoms with Crippen LogP contribution in [0.3, 0.4) is 0 Å². The van der Waals surface area contributed by atoms with Gasteiger partial charge in [-0.05, 0) is 25.0 Å². The molecule has 2 amide bonds. The fourth-order valence-electron chi connectivity index (χ4n) is 3.26. The first kappa shape index (κ1) is 15.0. The molecule has 1 aromatic rings. The first-order valence-electron chi connectivity index (χ1n) is 7.87. The van der Waals surface area contributed by atoms with Crippen LogP contribution in [0.1, 0.15) is 25.7 Å². The van der Waals surface area contributed by atoms with Crippen molar-refractivity contribution in [3.8, 4) is 0 Å². The van der Waals surface area contributed by atoms with Gasteiger partial charge in [-0.25, -0.2) is 0 Å². The van der Waals surface area contributed by atoms with E-state index in [9.17, 15) is 9.59 Å². The molecule has 0 unspecified atom stereocenters. The van der Waals surface area contributed by atoms with E-state index in [2.05, 4.69) is 5.32 Å². The molecule has 2 heterocycles. The van der Waals surface area contributed by atoms with Crippen LogP contribution in [0.15, 0.2) is 30.3 Å². The summed E-state index contributed by atoms with van der Waals surface area (Å²) >= 11 is 0. The van der Waals surface area contributed by atoms with Crippen LogP contribution >= 0.6 is 0 Å². The van der Waals surface area contributed by atoms with Gasteiger partial charge in [0.05, 0.1) is 6.61 Å². The predicted octanol–water partition coefficient (Wildman–Crippen LogP) is 2.04. The molecule has 3 rings (SSSR count). The van der Waals surface area contributed by atoms with Gasteiger partial charge >= 0.3 is 0 Å². The molecule has 118 valence electrons. The number of anilines is 1. The average Bonchev–Trinajstić information content (AvgIpc) is 2.98. The van der Waals surface area contributed by atoms with Crippen LogP contribution < -0.4 is 5.32 Å². The second-order valence-electron chi connectivity index (χ2n) is 6.28. The van der Waals surface area contributed by atoms with Crippen molar-refractivity contribution in [2.45, 2.75) is 25.7 Å². The Bertz CT molecular complexity index is 538. The minimum absolute atomic E-state index is 0.0544. The van der Waals surface area contributed by atoms with Gasteiger partial charge in [-0.1, -0.05) is 18.2 Å². The normalized spacial score (nSPS) is 24.7. The minimum Gasteiger partial charge on any atom is -0.381 e. The molecule has 5 nitrogen and oxygen atoms in total. The fraction of sp³-hybridized carbons (Fsp3) is 0.529. The third kappa shape index (κ3) is 3.47. The number of carbonyl (C=O) groups excluding carboxylic acids is 2. The number of nitrogens with zero attached hydrogens (tertiary/aromatic N) is 1. The number of piperidine rings is 1. The molecule has 2 saturated heterocycles. The summed E-state index contributed by atoms with van der Waals surface area (Å²) in [5, 5.41) is 2.86. The number of hydrogen-bond donors (Lipinski definition) is 1. The van der Waals surface area contributed by atoms with E-state index >= 15 is 0 Å². The molecule has 1 N–H and O–H groups in total. The van der Waals surface area contributed by atoms with Crippen molar-refractivity contribution in [2.24, 2.45) is 5.41 Å². The van der Waals surface area contributed by atoms with Crippen molar-refractivity contribution in [1.82, 2.24) is 4.90 Å². The zero-order valence-corrected chi connectivity index (χ0v) is 12.7. The summed E-state index contributed by atoms with van der Waals surface area (Å²) < 4.78 is 5.51. The Morgan fingerprint density at radius 1 is 1.27 bits per heavy atom. The third-order valence-electron chi connectivity index (χ3n) is 4.60. The number of amides is 2. The number of hydrogen-bond acceptors (Lipinski definition) is 3. The summed E-state index contributed by atoms with van der Waals surface area (Å²) in [4.78, 5) is 25.9. The SMILES string of the molecule is O=C(CCN1C[C@@]2(CCOC2)CCC1=O)Nc1ccccc1. The zero-order chi connectivity index (χ0) is 15.4. The summed E-state index contributed by atoms with van der Waals surface area (Å²) in [7, 11) is 0. The number of likely N-dealkylation sites (tertiary alicyclic amines) is 1. The standard InChI is InChI=1S/C17H22N2O3/c20-15(18-14-4-2-1-3-5-14)7-10-19-12-17(8-6-16(19)21)9-11-22-13-17/h1-5H,6-13H2,(H,18,20)/t17-/m0/s1. The van der Waals surface area contributed by atoms with Crippen LogP contribution in [0.25, 0.3) is 0 Å². The van der Waals surface area contributed by atoms with Gasteiger partial charge < -0.3 is 15.0 Å². The highest BCUT2D eigenvalue weighted by atomic mass is 16.5. The Kier molecular flexibility index (Phi) is 4.43. The highest BCUT2D eigenvalue weighted by Crippen LogP contribution is 2.38. The van der Waals surface area contributed by atoms with Crippen LogP contribution in [0.4, 0.5) is 5.69 Å². The first-order valence-corrected chi connectivity index (χ1v) is 7.87. The third-order valence-corrected chi connectivity index (χ3v) is 4.60. The topological polar surface area (TPSA) is 58.6 Å². The Balaban J connectivity index is 1.51. The highest BCUT2D eigenvalue weighted by molar-refractivity contribution is 5.91. The summed E-state index contributed by atoms with van der Waals surface area (Å²) in [6, 6.07) is 9.38. The van der Waals surface area contributed by atoms with Crippen LogP contribution in [0, 0.1) is 5.41 Å². The summed E-state index contributed by atoms with van der Waals surface area (Å²) in [6.45, 7) is 2.74. The van der Waals surface area contributed by atoms with Gasteiger partial charge in [0, 0.05) is 43.6 Å². The number of benzene rings is 1. The maximum Gasteiger partial charge on any atom is 0.226 e. The van der Waals surface area contributed by atoms with Crippen LogP contribution in [-0.4, -0.2) is 43.0 Å². The Hall–Kier alpha value is -1.88. The van der Waals surface area contributed by atoms with Gasteiger partial charge in [0.2, 0.25) is 11.8 Å². The Morgan fingerprint density at radius 3 is 2.82 bits per heavy atom. The van der Waals surface area contributed by atoms with E-state index in [1.165, 1.54) is 0 Å². The van der Waals surface area contributed by atoms with Crippen molar-refractivity contribution in [2.75, 3.05) is 31.6 Å². The molecule has 0 aromatic heterocycles. The quantitative estimate of drug-likeness (QED) is 0.926. The van der Waals surface area contributed by atoms with Crippen LogP contribution in [-0.2, 0) is 14.3 Å². The van der Waals surface area contributed by atoms with Crippen LogP contribution in [0.2, 0.25) is 0 Å². The van der Waals surface area contributed by atoms with Crippen molar-refractivity contribution >= 4 is 17.5 Å². The Morgan fingerprint density at radius 2 is 2.09 bits per heavy atom. The predicted molar refractivity (Wildman–Crippen MR) is 83.4 cm³/mol. The molecule has 2 aliphatic heterocycles. The summed E-state index contributed by atoms with van der Waals surface area (Å²) in [6.07, 6.45) is 2.84. The van der Waals surface area contributed by atoms with Gasteiger partial charge in [0.15, 0.2) is 0 Å². The molecule has 0 radical (unpaired) electrons. The van der Waals surface area contributed by atoms with E-state index in [0.717, 1.165) is 38.3 Å². The molecule has 1 aromatic carbocycles. The van der Waals surface area contributed by atoms with E-state index in [1.807, 2.05) is 35.2 Å². The fourth-order valence-corrected chi connectivity index (χ4v) is 3.26. The first-order chi connectivity index (χ1) is 10.7. The number of carbonyl (C=O) groups is 2. The second kappa shape index (κ2) is 6.48. The monoisotopic (exact) mass is 302 g/mol. The number of rotatable bonds is 4. The van der Waals surface area contributed by atoms with Crippen LogP contribution in [0.5, 0.6) is 0 Å². The molecule has 0 bridgehead atoms. The summed E-state index contributed by atoms with van der Waals surface area (Å²) in [5.41, 5.74) is 0.919. The molecule has 0 saturated carbocycles. The van der Waals surface area contributed by atoms with Gasteiger partial charge in [-0.2, -0.15) is 0 Å². The second-order valence-corrected chi connectivity index (χ2v) is 6.28. The Labute approximate surface area is 130 Å². The van der Waals surface area contributed by atoms with Crippen molar-refractivity contribution in [3.05, 3.63) is 30.3 Å². The van der Waals surface area contributed by atoms with Crippen molar-refractivity contribution in [3.63, 3.8) is 0 Å². The maximum atomic E-state index is 12.1. The smallest absolute Gasteiger partial charge is 0.226 e. The van der Waals surface area contributed by atoms with E-state index in [1.54, 1.807) is 0 Å². The molecule has 1 spiro atoms. The van der Waals surface area contributed by atoms with Gasteiger partial charge in [0.25, 0.3) is 0 Å². The molecule has 2 aliphatic rings. The van der Waals surface area contributed by atoms with E-state index < -0.39 is 0 Å². The van der Waals surface area contributed by atoms with Gasteiger partial charge in [0.1, 0.15) is 0 Å². The van der Waals surface area contributed by atoms with E-state index in [0.29, 0.717) is 19.4 Å². The van der Waals surface area contributed by atoms with Gasteiger partial charge in [-0.3, -0.25) is 9.59 Å². The minimum atomic E-state index is -0.0544. The molecule has 22 heavy (non-hydrogen) atoms. The largest absolute Gasteiger partial charge is 0.381 e. The zero-order valence-electron chi connectivity index (χ0n) is 12.7. The number of ether oxygens (including phenoxy) is 1. The lowest BCUT2D eigenvalue weighted by molar-refractivity contribution is -0.138. The van der Waals surface area contributed by atoms with Gasteiger partial charge in [-0.15, -0.1) is 0 Å². The van der Waals surface area contributed by atoms with Crippen molar-refractivity contribution in [1.29, 1.82) is 0 Å². The highest BCUT2D eigenvalue weighted by Gasteiger charge is 2.41. The molecule has 1 atom stereocenters. The molecular weight excluding hydrogens is 280 g/mol. The number of nitrogens with one attached hydrogen (secondary N) is 1. The lowest BCUT2D eigenvalue weighted by atomic mass is 9.79. The molecule has 5 heteroatoms. The molecule has 2 fully saturated rings. The number of para-hydroxylation sites is 1. The average molecular weight is 302 g/mol. The lowest BCUT2D eigenvalue weighted by Crippen LogP contribution is -2.47.